The number of benzene rings is 1. The van der Waals surface area contributed by atoms with E-state index in [1.807, 2.05) is 41.9 Å². The maximum absolute atomic E-state index is 13.1. The Morgan fingerprint density at radius 3 is 2.62 bits per heavy atom. The molecule has 0 bridgehead atoms. The molecule has 1 aromatic carbocycles. The van der Waals surface area contributed by atoms with Crippen LogP contribution >= 0.6 is 11.8 Å². The summed E-state index contributed by atoms with van der Waals surface area (Å²) < 4.78 is 1.84. The number of para-hydroxylation sites is 2. The third kappa shape index (κ3) is 3.38. The Hall–Kier alpha value is -3.20. The molecule has 3 aromatic rings. The maximum atomic E-state index is 13.1. The number of hydrogen-bond donors (Lipinski definition) is 1. The fraction of sp³-hybridized carbons (Fsp3) is 0.250. The van der Waals surface area contributed by atoms with Crippen molar-refractivity contribution in [3.63, 3.8) is 0 Å². The highest BCUT2D eigenvalue weighted by atomic mass is 32.2. The zero-order valence-electron chi connectivity index (χ0n) is 16.3. The van der Waals surface area contributed by atoms with E-state index < -0.39 is 5.54 Å². The second-order valence-electron chi connectivity index (χ2n) is 7.15. The van der Waals surface area contributed by atoms with Gasteiger partial charge in [-0.3, -0.25) is 19.5 Å². The monoisotopic (exact) mass is 408 g/mol. The smallest absolute Gasteiger partial charge is 0.250 e. The molecule has 0 aliphatic carbocycles. The van der Waals surface area contributed by atoms with Crippen molar-refractivity contribution >= 4 is 35.0 Å². The van der Waals surface area contributed by atoms with E-state index in [9.17, 15) is 9.59 Å². The molecular weight excluding hydrogens is 388 g/mol. The number of carbonyl (C=O) groups is 2. The van der Waals surface area contributed by atoms with Crippen LogP contribution in [0.25, 0.3) is 11.4 Å². The molecule has 0 saturated carbocycles. The number of fused-ring (bicyclic) bond motifs is 1. The van der Waals surface area contributed by atoms with Crippen LogP contribution in [0.3, 0.4) is 0 Å². The van der Waals surface area contributed by atoms with Crippen LogP contribution in [-0.4, -0.2) is 42.9 Å². The lowest BCUT2D eigenvalue weighted by Crippen LogP contribution is -2.59. The van der Waals surface area contributed by atoms with Crippen LogP contribution in [0.4, 0.5) is 11.4 Å². The Kier molecular flexibility index (Phi) is 4.83. The highest BCUT2D eigenvalue weighted by Crippen LogP contribution is 2.37. The topological polar surface area (TPSA) is 93.0 Å². The lowest BCUT2D eigenvalue weighted by molar-refractivity contribution is -0.125. The Bertz CT molecular complexity index is 1080. The normalized spacial score (nSPS) is 15.0. The average Bonchev–Trinajstić information content (AvgIpc) is 3.08. The Morgan fingerprint density at radius 1 is 1.14 bits per heavy atom. The first-order valence-electron chi connectivity index (χ1n) is 9.05. The molecule has 0 radical (unpaired) electrons. The number of rotatable bonds is 4. The zero-order chi connectivity index (χ0) is 20.6. The SMILES string of the molecule is Cn1c(SCC(=O)N2c3ccccc3NC(=O)C2(C)C)nnc1-c1ccncc1. The first-order valence-corrected chi connectivity index (χ1v) is 10.0. The zero-order valence-corrected chi connectivity index (χ0v) is 17.1. The maximum Gasteiger partial charge on any atom is 0.250 e. The Labute approximate surface area is 172 Å². The lowest BCUT2D eigenvalue weighted by atomic mass is 9.96. The molecule has 0 unspecified atom stereocenters. The van der Waals surface area contributed by atoms with Crippen molar-refractivity contribution in [3.05, 3.63) is 48.8 Å². The molecule has 4 rings (SSSR count). The molecule has 9 heteroatoms. The summed E-state index contributed by atoms with van der Waals surface area (Å²) in [6.45, 7) is 3.48. The van der Waals surface area contributed by atoms with Crippen LogP contribution in [0.2, 0.25) is 0 Å². The second kappa shape index (κ2) is 7.32. The number of nitrogens with zero attached hydrogens (tertiary/aromatic N) is 5. The summed E-state index contributed by atoms with van der Waals surface area (Å²) in [4.78, 5) is 31.3. The van der Waals surface area contributed by atoms with Gasteiger partial charge in [0.1, 0.15) is 5.54 Å². The van der Waals surface area contributed by atoms with Gasteiger partial charge in [0, 0.05) is 25.0 Å². The van der Waals surface area contributed by atoms with Gasteiger partial charge in [-0.1, -0.05) is 23.9 Å². The van der Waals surface area contributed by atoms with Gasteiger partial charge < -0.3 is 9.88 Å². The van der Waals surface area contributed by atoms with Crippen LogP contribution in [0.5, 0.6) is 0 Å². The number of aromatic nitrogens is 4. The number of carbonyl (C=O) groups excluding carboxylic acids is 2. The Morgan fingerprint density at radius 2 is 1.86 bits per heavy atom. The standard InChI is InChI=1S/C20H20N6O2S/c1-20(2)18(28)22-14-6-4-5-7-15(14)26(20)16(27)12-29-19-24-23-17(25(19)3)13-8-10-21-11-9-13/h4-11H,12H2,1-3H3,(H,22,28). The van der Waals surface area contributed by atoms with Gasteiger partial charge in [0.25, 0.3) is 0 Å². The van der Waals surface area contributed by atoms with Crippen LogP contribution in [0, 0.1) is 0 Å². The first kappa shape index (κ1) is 19.1. The van der Waals surface area contributed by atoms with Crippen molar-refractivity contribution in [2.75, 3.05) is 16.0 Å². The van der Waals surface area contributed by atoms with Crippen molar-refractivity contribution in [2.45, 2.75) is 24.5 Å². The lowest BCUT2D eigenvalue weighted by Gasteiger charge is -2.42. The summed E-state index contributed by atoms with van der Waals surface area (Å²) in [7, 11) is 1.86. The van der Waals surface area contributed by atoms with Crippen LogP contribution < -0.4 is 10.2 Å². The molecule has 1 aliphatic rings. The van der Waals surface area contributed by atoms with Gasteiger partial charge in [-0.2, -0.15) is 0 Å². The molecule has 1 N–H and O–H groups in total. The summed E-state index contributed by atoms with van der Waals surface area (Å²) in [6.07, 6.45) is 3.39. The van der Waals surface area contributed by atoms with Gasteiger partial charge in [-0.25, -0.2) is 0 Å². The van der Waals surface area contributed by atoms with Crippen LogP contribution in [0.15, 0.2) is 53.9 Å². The van der Waals surface area contributed by atoms with E-state index in [-0.39, 0.29) is 17.6 Å². The van der Waals surface area contributed by atoms with Gasteiger partial charge in [-0.15, -0.1) is 10.2 Å². The van der Waals surface area contributed by atoms with Crippen LogP contribution in [0.1, 0.15) is 13.8 Å². The van der Waals surface area contributed by atoms with E-state index in [4.69, 9.17) is 0 Å². The van der Waals surface area contributed by atoms with Gasteiger partial charge >= 0.3 is 0 Å². The van der Waals surface area contributed by atoms with Crippen molar-refractivity contribution in [2.24, 2.45) is 7.05 Å². The minimum Gasteiger partial charge on any atom is -0.322 e. The van der Waals surface area contributed by atoms with E-state index in [0.717, 1.165) is 5.56 Å². The van der Waals surface area contributed by atoms with Gasteiger partial charge in [0.2, 0.25) is 11.8 Å². The third-order valence-electron chi connectivity index (χ3n) is 4.86. The van der Waals surface area contributed by atoms with Crippen molar-refractivity contribution in [3.8, 4) is 11.4 Å². The largest absolute Gasteiger partial charge is 0.322 e. The first-order chi connectivity index (χ1) is 13.9. The van der Waals surface area contributed by atoms with E-state index in [1.54, 1.807) is 37.2 Å². The summed E-state index contributed by atoms with van der Waals surface area (Å²) in [5.74, 6) is 0.446. The van der Waals surface area contributed by atoms with E-state index in [2.05, 4.69) is 20.5 Å². The summed E-state index contributed by atoms with van der Waals surface area (Å²) in [5, 5.41) is 11.9. The molecule has 2 aromatic heterocycles. The predicted octanol–water partition coefficient (Wildman–Crippen LogP) is 2.73. The van der Waals surface area contributed by atoms with Crippen molar-refractivity contribution < 1.29 is 9.59 Å². The summed E-state index contributed by atoms with van der Waals surface area (Å²) in [5.41, 5.74) is 1.23. The number of thioether (sulfide) groups is 1. The minimum atomic E-state index is -0.992. The van der Waals surface area contributed by atoms with Gasteiger partial charge in [-0.05, 0) is 38.1 Å². The number of anilines is 2. The predicted molar refractivity (Wildman–Crippen MR) is 112 cm³/mol. The summed E-state index contributed by atoms with van der Waals surface area (Å²) in [6, 6.07) is 11.0. The molecule has 1 aliphatic heterocycles. The molecular formula is C20H20N6O2S. The van der Waals surface area contributed by atoms with Crippen molar-refractivity contribution in [1.29, 1.82) is 0 Å². The number of nitrogens with one attached hydrogen (secondary N) is 1. The highest BCUT2D eigenvalue weighted by Gasteiger charge is 2.43. The Balaban J connectivity index is 1.56. The average molecular weight is 408 g/mol. The van der Waals surface area contributed by atoms with E-state index >= 15 is 0 Å². The molecule has 2 amide bonds. The van der Waals surface area contributed by atoms with Crippen molar-refractivity contribution in [1.82, 2.24) is 19.7 Å². The molecule has 148 valence electrons. The third-order valence-corrected chi connectivity index (χ3v) is 5.86. The quantitative estimate of drug-likeness (QED) is 0.667. The van der Waals surface area contributed by atoms with Gasteiger partial charge in [0.05, 0.1) is 17.1 Å². The molecule has 0 spiro atoms. The molecule has 0 saturated heterocycles. The molecule has 3 heterocycles. The van der Waals surface area contributed by atoms with E-state index in [0.29, 0.717) is 22.4 Å². The fourth-order valence-corrected chi connectivity index (χ4v) is 4.04. The minimum absolute atomic E-state index is 0.132. The molecule has 8 nitrogen and oxygen atoms in total. The number of hydrogen-bond acceptors (Lipinski definition) is 6. The van der Waals surface area contributed by atoms with Gasteiger partial charge in [0.15, 0.2) is 11.0 Å². The van der Waals surface area contributed by atoms with E-state index in [1.165, 1.54) is 11.8 Å². The fourth-order valence-electron chi connectivity index (χ4n) is 3.28. The molecule has 0 fully saturated rings. The highest BCUT2D eigenvalue weighted by molar-refractivity contribution is 7.99. The number of amides is 2. The molecule has 29 heavy (non-hydrogen) atoms. The van der Waals surface area contributed by atoms with Crippen LogP contribution in [-0.2, 0) is 16.6 Å². The second-order valence-corrected chi connectivity index (χ2v) is 8.09. The summed E-state index contributed by atoms with van der Waals surface area (Å²) >= 11 is 1.29. The number of pyridine rings is 1. The molecule has 0 atom stereocenters.